The number of methoxy groups -OCH3 is 1. The molecule has 0 bridgehead atoms. The number of aromatic nitrogens is 3. The van der Waals surface area contributed by atoms with Crippen molar-refractivity contribution in [3.05, 3.63) is 64.3 Å². The minimum Gasteiger partial charge on any atom is -0.497 e. The van der Waals surface area contributed by atoms with Gasteiger partial charge in [0.05, 0.1) is 19.9 Å². The lowest BCUT2D eigenvalue weighted by atomic mass is 10.1. The Hall–Kier alpha value is -3.02. The normalized spacial score (nSPS) is 10.7. The van der Waals surface area contributed by atoms with Crippen molar-refractivity contribution in [1.82, 2.24) is 14.5 Å². The number of aromatic amines is 1. The highest BCUT2D eigenvalue weighted by Gasteiger charge is 2.08. The predicted molar refractivity (Wildman–Crippen MR) is 89.5 cm³/mol. The van der Waals surface area contributed by atoms with E-state index < -0.39 is 0 Å². The van der Waals surface area contributed by atoms with Gasteiger partial charge in [-0.3, -0.25) is 4.79 Å². The highest BCUT2D eigenvalue weighted by Crippen LogP contribution is 2.19. The molecule has 118 valence electrons. The van der Waals surface area contributed by atoms with E-state index in [4.69, 9.17) is 10.5 Å². The highest BCUT2D eigenvalue weighted by atomic mass is 16.5. The Labute approximate surface area is 133 Å². The zero-order valence-electron chi connectivity index (χ0n) is 13.0. The molecule has 0 unspecified atom stereocenters. The first-order valence-electron chi connectivity index (χ1n) is 7.22. The topological polar surface area (TPSA) is 85.9 Å². The molecule has 3 rings (SSSR count). The lowest BCUT2D eigenvalue weighted by Gasteiger charge is -2.09. The van der Waals surface area contributed by atoms with Crippen molar-refractivity contribution in [3.63, 3.8) is 0 Å². The summed E-state index contributed by atoms with van der Waals surface area (Å²) < 4.78 is 6.97. The summed E-state index contributed by atoms with van der Waals surface area (Å²) in [6.07, 6.45) is 1.71. The molecular formula is C17H18N4O2. The van der Waals surface area contributed by atoms with Crippen molar-refractivity contribution in [2.75, 3.05) is 12.8 Å². The molecule has 2 aromatic heterocycles. The molecule has 6 nitrogen and oxygen atoms in total. The molecule has 2 heterocycles. The number of anilines is 1. The van der Waals surface area contributed by atoms with Crippen molar-refractivity contribution in [1.29, 1.82) is 0 Å². The molecule has 0 fully saturated rings. The fraction of sp³-hybridized carbons (Fsp3) is 0.176. The molecule has 0 aliphatic carbocycles. The van der Waals surface area contributed by atoms with Gasteiger partial charge in [0.1, 0.15) is 5.75 Å². The number of imidazole rings is 1. The third-order valence-corrected chi connectivity index (χ3v) is 3.79. The Kier molecular flexibility index (Phi) is 3.89. The highest BCUT2D eigenvalue weighted by molar-refractivity contribution is 5.63. The first-order valence-corrected chi connectivity index (χ1v) is 7.22. The van der Waals surface area contributed by atoms with Gasteiger partial charge in [-0.05, 0) is 36.8 Å². The molecule has 6 heteroatoms. The van der Waals surface area contributed by atoms with Crippen molar-refractivity contribution < 1.29 is 4.74 Å². The van der Waals surface area contributed by atoms with Crippen LogP contribution in [0.15, 0.2) is 47.4 Å². The van der Waals surface area contributed by atoms with Crippen molar-refractivity contribution in [3.8, 4) is 16.9 Å². The molecule has 3 N–H and O–H groups in total. The smallest absolute Gasteiger partial charge is 0.256 e. The molecule has 0 saturated heterocycles. The summed E-state index contributed by atoms with van der Waals surface area (Å²) in [7, 11) is 1.61. The van der Waals surface area contributed by atoms with Gasteiger partial charge in [-0.2, -0.15) is 0 Å². The van der Waals surface area contributed by atoms with Crippen LogP contribution in [0.3, 0.4) is 0 Å². The third kappa shape index (κ3) is 2.96. The van der Waals surface area contributed by atoms with Gasteiger partial charge in [0, 0.05) is 17.0 Å². The van der Waals surface area contributed by atoms with E-state index in [1.807, 2.05) is 47.9 Å². The van der Waals surface area contributed by atoms with Gasteiger partial charge in [0.25, 0.3) is 5.56 Å². The number of pyridine rings is 1. The van der Waals surface area contributed by atoms with E-state index in [9.17, 15) is 4.79 Å². The number of nitrogens with two attached hydrogens (primary N) is 1. The van der Waals surface area contributed by atoms with Gasteiger partial charge in [0.15, 0.2) is 0 Å². The number of nitrogens with one attached hydrogen (secondary N) is 1. The van der Waals surface area contributed by atoms with Gasteiger partial charge < -0.3 is 20.0 Å². The first-order chi connectivity index (χ1) is 11.1. The number of hydrogen-bond donors (Lipinski definition) is 2. The summed E-state index contributed by atoms with van der Waals surface area (Å²) in [5.41, 5.74) is 8.87. The van der Waals surface area contributed by atoms with E-state index in [0.29, 0.717) is 18.1 Å². The molecule has 0 aliphatic heterocycles. The van der Waals surface area contributed by atoms with Crippen LogP contribution in [0.5, 0.6) is 5.75 Å². The fourth-order valence-corrected chi connectivity index (χ4v) is 2.46. The number of hydrogen-bond acceptors (Lipinski definition) is 4. The monoisotopic (exact) mass is 310 g/mol. The summed E-state index contributed by atoms with van der Waals surface area (Å²) in [4.78, 5) is 19.3. The minimum atomic E-state index is -0.135. The van der Waals surface area contributed by atoms with Crippen LogP contribution >= 0.6 is 0 Å². The Bertz CT molecular complexity index is 859. The van der Waals surface area contributed by atoms with Crippen LogP contribution < -0.4 is 16.0 Å². The zero-order chi connectivity index (χ0) is 16.4. The molecule has 0 radical (unpaired) electrons. The lowest BCUT2D eigenvalue weighted by Crippen LogP contribution is -2.14. The number of aryl methyl sites for hydroxylation is 1. The number of benzene rings is 1. The summed E-state index contributed by atoms with van der Waals surface area (Å²) in [5, 5.41) is 0. The number of H-pyrrole nitrogens is 1. The van der Waals surface area contributed by atoms with Crippen molar-refractivity contribution in [2.24, 2.45) is 0 Å². The Morgan fingerprint density at radius 3 is 2.52 bits per heavy atom. The fourth-order valence-electron chi connectivity index (χ4n) is 2.46. The second-order valence-electron chi connectivity index (χ2n) is 5.30. The van der Waals surface area contributed by atoms with Gasteiger partial charge in [-0.15, -0.1) is 0 Å². The number of rotatable bonds is 4. The summed E-state index contributed by atoms with van der Waals surface area (Å²) >= 11 is 0. The summed E-state index contributed by atoms with van der Waals surface area (Å²) in [5.74, 6) is 1.19. The van der Waals surface area contributed by atoms with Crippen LogP contribution in [0.2, 0.25) is 0 Å². The minimum absolute atomic E-state index is 0.135. The molecule has 0 saturated carbocycles. The van der Waals surface area contributed by atoms with Crippen LogP contribution in [0, 0.1) is 6.92 Å². The van der Waals surface area contributed by atoms with Gasteiger partial charge in [-0.25, -0.2) is 4.98 Å². The largest absolute Gasteiger partial charge is 0.497 e. The van der Waals surface area contributed by atoms with Gasteiger partial charge in [-0.1, -0.05) is 12.1 Å². The van der Waals surface area contributed by atoms with Gasteiger partial charge >= 0.3 is 0 Å². The van der Waals surface area contributed by atoms with Crippen molar-refractivity contribution in [2.45, 2.75) is 13.5 Å². The van der Waals surface area contributed by atoms with Crippen molar-refractivity contribution >= 4 is 5.95 Å². The van der Waals surface area contributed by atoms with Crippen LogP contribution in [0.1, 0.15) is 11.4 Å². The van der Waals surface area contributed by atoms with E-state index in [-0.39, 0.29) is 5.56 Å². The molecule has 1 aromatic carbocycles. The standard InChI is InChI=1S/C17H18N4O2/c1-11-9-19-17(18)21(11)10-13-5-8-15(16(22)20-13)12-3-6-14(23-2)7-4-12/h3-9H,10H2,1-2H3,(H2,18,19)(H,20,22). The van der Waals surface area contributed by atoms with E-state index >= 15 is 0 Å². The molecule has 0 aliphatic rings. The quantitative estimate of drug-likeness (QED) is 0.773. The SMILES string of the molecule is COc1ccc(-c2ccc(Cn3c(C)cnc3N)[nH]c2=O)cc1. The van der Waals surface area contributed by atoms with Crippen LogP contribution in [0.25, 0.3) is 11.1 Å². The molecule has 3 aromatic rings. The summed E-state index contributed by atoms with van der Waals surface area (Å²) in [6.45, 7) is 2.41. The average molecular weight is 310 g/mol. The Balaban J connectivity index is 1.90. The number of nitrogens with zero attached hydrogens (tertiary/aromatic N) is 2. The van der Waals surface area contributed by atoms with Crippen LogP contribution in [-0.2, 0) is 6.54 Å². The first kappa shape index (κ1) is 14.9. The van der Waals surface area contributed by atoms with E-state index in [1.54, 1.807) is 13.3 Å². The Morgan fingerprint density at radius 1 is 1.22 bits per heavy atom. The maximum Gasteiger partial charge on any atom is 0.256 e. The second-order valence-corrected chi connectivity index (χ2v) is 5.30. The summed E-state index contributed by atoms with van der Waals surface area (Å²) in [6, 6.07) is 11.1. The Morgan fingerprint density at radius 2 is 1.96 bits per heavy atom. The number of ether oxygens (including phenoxy) is 1. The molecule has 0 atom stereocenters. The van der Waals surface area contributed by atoms with E-state index in [1.165, 1.54) is 0 Å². The predicted octanol–water partition coefficient (Wildman–Crippen LogP) is 2.19. The van der Waals surface area contributed by atoms with Gasteiger partial charge in [0.2, 0.25) is 5.95 Å². The maximum absolute atomic E-state index is 12.4. The lowest BCUT2D eigenvalue weighted by molar-refractivity contribution is 0.415. The molecular weight excluding hydrogens is 292 g/mol. The van der Waals surface area contributed by atoms with E-state index in [2.05, 4.69) is 9.97 Å². The van der Waals surface area contributed by atoms with E-state index in [0.717, 1.165) is 22.7 Å². The number of nitrogen functional groups attached to an aromatic ring is 1. The zero-order valence-corrected chi connectivity index (χ0v) is 13.0. The molecule has 0 amide bonds. The second kappa shape index (κ2) is 6.00. The maximum atomic E-state index is 12.4. The van der Waals surface area contributed by atoms with Crippen LogP contribution in [0.4, 0.5) is 5.95 Å². The average Bonchev–Trinajstić information content (AvgIpc) is 2.87. The molecule has 23 heavy (non-hydrogen) atoms. The van der Waals surface area contributed by atoms with Crippen LogP contribution in [-0.4, -0.2) is 21.6 Å². The molecule has 0 spiro atoms. The third-order valence-electron chi connectivity index (χ3n) is 3.79.